The lowest BCUT2D eigenvalue weighted by Gasteiger charge is -2.24. The van der Waals surface area contributed by atoms with Gasteiger partial charge in [0.25, 0.3) is 0 Å². The van der Waals surface area contributed by atoms with Crippen molar-refractivity contribution in [1.29, 1.82) is 0 Å². The van der Waals surface area contributed by atoms with E-state index in [1.165, 1.54) is 11.0 Å². The second-order valence-electron chi connectivity index (χ2n) is 6.95. The number of thioether (sulfide) groups is 1. The molecule has 0 fully saturated rings. The van der Waals surface area contributed by atoms with E-state index in [9.17, 15) is 9.18 Å². The first-order valence-electron chi connectivity index (χ1n) is 9.39. The molecule has 1 aliphatic carbocycles. The molecule has 0 saturated heterocycles. The minimum atomic E-state index is -0.298. The smallest absolute Gasteiger partial charge is 0.224 e. The van der Waals surface area contributed by atoms with Gasteiger partial charge in [0.1, 0.15) is 11.5 Å². The molecule has 1 amide bonds. The molecule has 2 aromatic carbocycles. The van der Waals surface area contributed by atoms with Crippen molar-refractivity contribution in [3.05, 3.63) is 77.4 Å². The topological polar surface area (TPSA) is 46.9 Å². The lowest BCUT2D eigenvalue weighted by Crippen LogP contribution is -2.32. The number of halogens is 1. The quantitative estimate of drug-likeness (QED) is 0.649. The standard InChI is InChI=1S/C22H22FN3OS/c1-28-16-11-9-15(10-12-16)13-22(27)25-19-6-4-8-20-17(19)14-24-26(20)21-7-3-2-5-18(21)23/h2-3,5,7,9-12,14,19H,4,6,8,13H2,1H3,(H,25,27)/t19-/m0/s1. The molecular formula is C22H22FN3OS. The third-order valence-electron chi connectivity index (χ3n) is 5.12. The van der Waals surface area contributed by atoms with Crippen LogP contribution < -0.4 is 5.32 Å². The van der Waals surface area contributed by atoms with Gasteiger partial charge in [0.15, 0.2) is 0 Å². The molecule has 0 bridgehead atoms. The number of nitrogens with zero attached hydrogens (tertiary/aromatic N) is 2. The van der Waals surface area contributed by atoms with Gasteiger partial charge in [-0.15, -0.1) is 11.8 Å². The third-order valence-corrected chi connectivity index (χ3v) is 5.87. The maximum atomic E-state index is 14.2. The number of nitrogens with one attached hydrogen (secondary N) is 1. The lowest BCUT2D eigenvalue weighted by atomic mass is 9.92. The molecule has 4 nitrogen and oxygen atoms in total. The van der Waals surface area contributed by atoms with Gasteiger partial charge in [0, 0.05) is 16.2 Å². The lowest BCUT2D eigenvalue weighted by molar-refractivity contribution is -0.121. The summed E-state index contributed by atoms with van der Waals surface area (Å²) in [5.74, 6) is -0.304. The third kappa shape index (κ3) is 3.83. The zero-order valence-electron chi connectivity index (χ0n) is 15.7. The Hall–Kier alpha value is -2.60. The van der Waals surface area contributed by atoms with Crippen LogP contribution in [0.25, 0.3) is 5.69 Å². The Balaban J connectivity index is 1.50. The molecule has 1 heterocycles. The van der Waals surface area contributed by atoms with Gasteiger partial charge >= 0.3 is 0 Å². The van der Waals surface area contributed by atoms with Crippen LogP contribution in [0.15, 0.2) is 59.6 Å². The molecular weight excluding hydrogens is 373 g/mol. The number of amides is 1. The molecule has 1 N–H and O–H groups in total. The average Bonchev–Trinajstić information content (AvgIpc) is 3.14. The van der Waals surface area contributed by atoms with E-state index in [0.717, 1.165) is 36.1 Å². The molecule has 144 valence electrons. The number of aromatic nitrogens is 2. The number of rotatable bonds is 5. The maximum absolute atomic E-state index is 14.2. The summed E-state index contributed by atoms with van der Waals surface area (Å²) in [5, 5.41) is 7.55. The minimum Gasteiger partial charge on any atom is -0.349 e. The summed E-state index contributed by atoms with van der Waals surface area (Å²) in [6, 6.07) is 14.6. The van der Waals surface area contributed by atoms with Gasteiger partial charge in [0.2, 0.25) is 5.91 Å². The number of fused-ring (bicyclic) bond motifs is 1. The first kappa shape index (κ1) is 18.7. The van der Waals surface area contributed by atoms with Crippen molar-refractivity contribution in [2.75, 3.05) is 6.26 Å². The molecule has 1 atom stereocenters. The number of hydrogen-bond donors (Lipinski definition) is 1. The Kier molecular flexibility index (Phi) is 5.48. The molecule has 4 rings (SSSR count). The van der Waals surface area contributed by atoms with Crippen LogP contribution in [0, 0.1) is 5.82 Å². The van der Waals surface area contributed by atoms with E-state index in [0.29, 0.717) is 12.1 Å². The number of carbonyl (C=O) groups is 1. The second kappa shape index (κ2) is 8.19. The molecule has 0 radical (unpaired) electrons. The Morgan fingerprint density at radius 2 is 2.04 bits per heavy atom. The van der Waals surface area contributed by atoms with Gasteiger partial charge < -0.3 is 5.32 Å². The maximum Gasteiger partial charge on any atom is 0.224 e. The zero-order chi connectivity index (χ0) is 19.5. The van der Waals surface area contributed by atoms with E-state index in [4.69, 9.17) is 0 Å². The van der Waals surface area contributed by atoms with Crippen LogP contribution in [0.2, 0.25) is 0 Å². The van der Waals surface area contributed by atoms with Gasteiger partial charge in [-0.05, 0) is 55.3 Å². The van der Waals surface area contributed by atoms with Crippen LogP contribution in [-0.4, -0.2) is 21.9 Å². The van der Waals surface area contributed by atoms with Gasteiger partial charge in [-0.25, -0.2) is 9.07 Å². The van der Waals surface area contributed by atoms with E-state index in [2.05, 4.69) is 10.4 Å². The fourth-order valence-corrected chi connectivity index (χ4v) is 4.12. The Morgan fingerprint density at radius 3 is 2.79 bits per heavy atom. The zero-order valence-corrected chi connectivity index (χ0v) is 16.5. The van der Waals surface area contributed by atoms with Crippen molar-refractivity contribution < 1.29 is 9.18 Å². The summed E-state index contributed by atoms with van der Waals surface area (Å²) in [5.41, 5.74) is 3.41. The van der Waals surface area contributed by atoms with E-state index in [-0.39, 0.29) is 17.8 Å². The number of hydrogen-bond acceptors (Lipinski definition) is 3. The normalized spacial score (nSPS) is 15.9. The van der Waals surface area contributed by atoms with Crippen LogP contribution in [0.5, 0.6) is 0 Å². The molecule has 28 heavy (non-hydrogen) atoms. The van der Waals surface area contributed by atoms with Crippen molar-refractivity contribution in [3.8, 4) is 5.69 Å². The average molecular weight is 396 g/mol. The van der Waals surface area contributed by atoms with Gasteiger partial charge in [-0.3, -0.25) is 4.79 Å². The Morgan fingerprint density at radius 1 is 1.25 bits per heavy atom. The molecule has 3 aromatic rings. The highest BCUT2D eigenvalue weighted by molar-refractivity contribution is 7.98. The summed E-state index contributed by atoms with van der Waals surface area (Å²) in [6.07, 6.45) is 6.77. The highest BCUT2D eigenvalue weighted by Gasteiger charge is 2.26. The number of benzene rings is 2. The SMILES string of the molecule is CSc1ccc(CC(=O)N[C@H]2CCCc3c2cnn3-c2ccccc2F)cc1. The summed E-state index contributed by atoms with van der Waals surface area (Å²) in [4.78, 5) is 13.8. The molecule has 1 aliphatic rings. The van der Waals surface area contributed by atoms with Gasteiger partial charge in [0.05, 0.1) is 18.7 Å². The summed E-state index contributed by atoms with van der Waals surface area (Å²) < 4.78 is 15.9. The van der Waals surface area contributed by atoms with E-state index < -0.39 is 0 Å². The fourth-order valence-electron chi connectivity index (χ4n) is 3.71. The van der Waals surface area contributed by atoms with Crippen molar-refractivity contribution >= 4 is 17.7 Å². The predicted molar refractivity (Wildman–Crippen MR) is 109 cm³/mol. The summed E-state index contributed by atoms with van der Waals surface area (Å²) in [7, 11) is 0. The second-order valence-corrected chi connectivity index (χ2v) is 7.83. The van der Waals surface area contributed by atoms with E-state index >= 15 is 0 Å². The number of carbonyl (C=O) groups excluding carboxylic acids is 1. The van der Waals surface area contributed by atoms with E-state index in [1.807, 2.05) is 30.5 Å². The van der Waals surface area contributed by atoms with Crippen LogP contribution in [0.4, 0.5) is 4.39 Å². The highest BCUT2D eigenvalue weighted by atomic mass is 32.2. The molecule has 1 aromatic heterocycles. The van der Waals surface area contributed by atoms with E-state index in [1.54, 1.807) is 40.8 Å². The first-order chi connectivity index (χ1) is 13.7. The monoisotopic (exact) mass is 395 g/mol. The largest absolute Gasteiger partial charge is 0.349 e. The minimum absolute atomic E-state index is 0.00612. The van der Waals surface area contributed by atoms with Crippen LogP contribution >= 0.6 is 11.8 Å². The van der Waals surface area contributed by atoms with Crippen molar-refractivity contribution in [3.63, 3.8) is 0 Å². The molecule has 6 heteroatoms. The Bertz CT molecular complexity index is 984. The van der Waals surface area contributed by atoms with Crippen molar-refractivity contribution in [2.24, 2.45) is 0 Å². The van der Waals surface area contributed by atoms with Crippen molar-refractivity contribution in [2.45, 2.75) is 36.6 Å². The molecule has 0 spiro atoms. The predicted octanol–water partition coefficient (Wildman–Crippen LogP) is 4.47. The van der Waals surface area contributed by atoms with Crippen LogP contribution in [-0.2, 0) is 17.6 Å². The van der Waals surface area contributed by atoms with Crippen molar-refractivity contribution in [1.82, 2.24) is 15.1 Å². The van der Waals surface area contributed by atoms with Crippen LogP contribution in [0.3, 0.4) is 0 Å². The summed E-state index contributed by atoms with van der Waals surface area (Å²) in [6.45, 7) is 0. The first-order valence-corrected chi connectivity index (χ1v) is 10.6. The highest BCUT2D eigenvalue weighted by Crippen LogP contribution is 2.31. The molecule has 0 saturated carbocycles. The summed E-state index contributed by atoms with van der Waals surface area (Å²) >= 11 is 1.68. The number of para-hydroxylation sites is 1. The molecule has 0 unspecified atom stereocenters. The Labute approximate surface area is 168 Å². The fraction of sp³-hybridized carbons (Fsp3) is 0.273. The van der Waals surface area contributed by atoms with Crippen LogP contribution in [0.1, 0.15) is 35.7 Å². The molecule has 0 aliphatic heterocycles. The van der Waals surface area contributed by atoms with Gasteiger partial charge in [-0.2, -0.15) is 5.10 Å². The van der Waals surface area contributed by atoms with Gasteiger partial charge in [-0.1, -0.05) is 24.3 Å².